The number of hydrogen-bond donors (Lipinski definition) is 1. The van der Waals surface area contributed by atoms with Gasteiger partial charge in [-0.3, -0.25) is 4.79 Å². The van der Waals surface area contributed by atoms with Crippen LogP contribution in [0.25, 0.3) is 27.6 Å². The summed E-state index contributed by atoms with van der Waals surface area (Å²) in [6, 6.07) is 6.18. The number of fused-ring (bicyclic) bond motifs is 2. The molecular weight excluding hydrogens is 354 g/mol. The number of carbonyl (C=O) groups excluding carboxylic acids is 1. The number of aryl methyl sites for hydroxylation is 1. The molecule has 3 heterocycles. The van der Waals surface area contributed by atoms with E-state index in [9.17, 15) is 4.79 Å². The quantitative estimate of drug-likeness (QED) is 0.588. The van der Waals surface area contributed by atoms with Gasteiger partial charge in [-0.25, -0.2) is 9.97 Å². The SMILES string of the molecule is Cn1cc2ccc(-n3nnc4cnc(C[C@@H]5CC[C@@H](C(N)=O)C5)nc43)cc2c1. The number of nitrogens with zero attached hydrogens (tertiary/aromatic N) is 6. The molecule has 0 aliphatic heterocycles. The van der Waals surface area contributed by atoms with Gasteiger partial charge in [-0.15, -0.1) is 5.10 Å². The Labute approximate surface area is 161 Å². The molecule has 1 aliphatic rings. The molecule has 0 bridgehead atoms. The van der Waals surface area contributed by atoms with E-state index in [-0.39, 0.29) is 11.8 Å². The van der Waals surface area contributed by atoms with E-state index in [2.05, 4.69) is 39.8 Å². The molecular formula is C20H21N7O. The van der Waals surface area contributed by atoms with E-state index >= 15 is 0 Å². The highest BCUT2D eigenvalue weighted by molar-refractivity contribution is 5.85. The molecule has 3 aromatic heterocycles. The van der Waals surface area contributed by atoms with Gasteiger partial charge < -0.3 is 10.3 Å². The highest BCUT2D eigenvalue weighted by Gasteiger charge is 2.29. The van der Waals surface area contributed by atoms with E-state index < -0.39 is 0 Å². The van der Waals surface area contributed by atoms with Gasteiger partial charge in [0.25, 0.3) is 0 Å². The van der Waals surface area contributed by atoms with Crippen molar-refractivity contribution in [1.82, 2.24) is 29.5 Å². The second-order valence-corrected chi connectivity index (χ2v) is 7.72. The fourth-order valence-corrected chi connectivity index (χ4v) is 4.21. The Morgan fingerprint density at radius 2 is 2.11 bits per heavy atom. The molecule has 1 fully saturated rings. The summed E-state index contributed by atoms with van der Waals surface area (Å²) in [4.78, 5) is 20.6. The maximum Gasteiger partial charge on any atom is 0.220 e. The molecule has 1 amide bonds. The van der Waals surface area contributed by atoms with Crippen LogP contribution in [-0.2, 0) is 18.3 Å². The Morgan fingerprint density at radius 1 is 1.25 bits per heavy atom. The molecule has 2 atom stereocenters. The van der Waals surface area contributed by atoms with E-state index in [1.54, 1.807) is 10.9 Å². The minimum atomic E-state index is -0.197. The summed E-state index contributed by atoms with van der Waals surface area (Å²) in [6.07, 6.45) is 9.29. The maximum atomic E-state index is 11.4. The summed E-state index contributed by atoms with van der Waals surface area (Å²) in [5.74, 6) is 0.933. The monoisotopic (exact) mass is 375 g/mol. The zero-order chi connectivity index (χ0) is 19.3. The van der Waals surface area contributed by atoms with Gasteiger partial charge in [-0.2, -0.15) is 4.68 Å². The number of carbonyl (C=O) groups is 1. The van der Waals surface area contributed by atoms with Gasteiger partial charge in [0.2, 0.25) is 5.91 Å². The van der Waals surface area contributed by atoms with E-state index in [1.165, 1.54) is 5.39 Å². The molecule has 1 aliphatic carbocycles. The Morgan fingerprint density at radius 3 is 2.93 bits per heavy atom. The summed E-state index contributed by atoms with van der Waals surface area (Å²) in [6.45, 7) is 0. The fraction of sp³-hybridized carbons (Fsp3) is 0.350. The van der Waals surface area contributed by atoms with E-state index in [0.717, 1.165) is 42.6 Å². The van der Waals surface area contributed by atoms with E-state index in [1.807, 2.05) is 17.7 Å². The van der Waals surface area contributed by atoms with Gasteiger partial charge in [0.05, 0.1) is 11.9 Å². The van der Waals surface area contributed by atoms with Crippen molar-refractivity contribution in [3.8, 4) is 5.69 Å². The molecule has 8 heteroatoms. The summed E-state index contributed by atoms with van der Waals surface area (Å²) in [7, 11) is 2.01. The van der Waals surface area contributed by atoms with Crippen molar-refractivity contribution >= 4 is 27.8 Å². The van der Waals surface area contributed by atoms with Crippen LogP contribution in [0.3, 0.4) is 0 Å². The molecule has 28 heavy (non-hydrogen) atoms. The minimum absolute atomic E-state index is 0.0153. The van der Waals surface area contributed by atoms with Crippen molar-refractivity contribution < 1.29 is 4.79 Å². The Kier molecular flexibility index (Phi) is 3.85. The van der Waals surface area contributed by atoms with Gasteiger partial charge in [0.15, 0.2) is 11.2 Å². The van der Waals surface area contributed by atoms with Crippen molar-refractivity contribution in [2.75, 3.05) is 0 Å². The molecule has 4 aromatic rings. The highest BCUT2D eigenvalue weighted by Crippen LogP contribution is 2.32. The molecule has 8 nitrogen and oxygen atoms in total. The number of nitrogens with two attached hydrogens (primary N) is 1. The van der Waals surface area contributed by atoms with Crippen LogP contribution < -0.4 is 5.73 Å². The van der Waals surface area contributed by atoms with Crippen LogP contribution in [0.1, 0.15) is 25.1 Å². The smallest absolute Gasteiger partial charge is 0.220 e. The van der Waals surface area contributed by atoms with Crippen LogP contribution in [0.4, 0.5) is 0 Å². The lowest BCUT2D eigenvalue weighted by atomic mass is 10.0. The largest absolute Gasteiger partial charge is 0.369 e. The molecule has 1 saturated carbocycles. The minimum Gasteiger partial charge on any atom is -0.369 e. The van der Waals surface area contributed by atoms with Crippen LogP contribution in [0, 0.1) is 11.8 Å². The topological polar surface area (TPSA) is 105 Å². The Hall–Kier alpha value is -3.29. The number of primary amides is 1. The average Bonchev–Trinajstić information content (AvgIpc) is 3.38. The van der Waals surface area contributed by atoms with Gasteiger partial charge in [-0.05, 0) is 42.7 Å². The van der Waals surface area contributed by atoms with Crippen LogP contribution in [0.2, 0.25) is 0 Å². The number of aromatic nitrogens is 6. The zero-order valence-corrected chi connectivity index (χ0v) is 15.6. The van der Waals surface area contributed by atoms with Crippen molar-refractivity contribution in [1.29, 1.82) is 0 Å². The molecule has 142 valence electrons. The summed E-state index contributed by atoms with van der Waals surface area (Å²) in [5.41, 5.74) is 7.73. The fourth-order valence-electron chi connectivity index (χ4n) is 4.21. The van der Waals surface area contributed by atoms with Crippen LogP contribution in [0.5, 0.6) is 0 Å². The van der Waals surface area contributed by atoms with Crippen molar-refractivity contribution in [3.63, 3.8) is 0 Å². The number of hydrogen-bond acceptors (Lipinski definition) is 5. The number of amides is 1. The Bertz CT molecular complexity index is 1190. The lowest BCUT2D eigenvalue weighted by molar-refractivity contribution is -0.121. The number of benzene rings is 1. The second-order valence-electron chi connectivity index (χ2n) is 7.72. The summed E-state index contributed by atoms with van der Waals surface area (Å²) < 4.78 is 3.79. The van der Waals surface area contributed by atoms with Crippen molar-refractivity contribution in [2.24, 2.45) is 24.6 Å². The highest BCUT2D eigenvalue weighted by atomic mass is 16.1. The molecule has 0 radical (unpaired) electrons. The first kappa shape index (κ1) is 16.9. The first-order valence-corrected chi connectivity index (χ1v) is 9.49. The van der Waals surface area contributed by atoms with Crippen molar-refractivity contribution in [3.05, 3.63) is 42.6 Å². The first-order chi connectivity index (χ1) is 13.6. The van der Waals surface area contributed by atoms with Gasteiger partial charge >= 0.3 is 0 Å². The van der Waals surface area contributed by atoms with Crippen LogP contribution in [-0.4, -0.2) is 35.4 Å². The van der Waals surface area contributed by atoms with Crippen LogP contribution in [0.15, 0.2) is 36.8 Å². The standard InChI is InChI=1S/C20H21N7O/c1-26-10-14-4-5-16(8-15(14)11-26)27-20-17(24-25-27)9-22-18(23-20)7-12-2-3-13(6-12)19(21)28/h4-5,8-13H,2-3,6-7H2,1H3,(H2,21,28)/t12-,13-/m1/s1. The average molecular weight is 375 g/mol. The molecule has 1 aromatic carbocycles. The van der Waals surface area contributed by atoms with Crippen LogP contribution >= 0.6 is 0 Å². The molecule has 0 spiro atoms. The predicted octanol–water partition coefficient (Wildman–Crippen LogP) is 2.15. The molecule has 0 saturated heterocycles. The molecule has 0 unspecified atom stereocenters. The van der Waals surface area contributed by atoms with Crippen molar-refractivity contribution in [2.45, 2.75) is 25.7 Å². The van der Waals surface area contributed by atoms with E-state index in [0.29, 0.717) is 17.1 Å². The lowest BCUT2D eigenvalue weighted by Crippen LogP contribution is -2.21. The van der Waals surface area contributed by atoms with Gasteiger partial charge in [0.1, 0.15) is 5.82 Å². The third-order valence-corrected chi connectivity index (χ3v) is 5.66. The molecule has 2 N–H and O–H groups in total. The maximum absolute atomic E-state index is 11.4. The zero-order valence-electron chi connectivity index (χ0n) is 15.6. The van der Waals surface area contributed by atoms with E-state index in [4.69, 9.17) is 10.7 Å². The third kappa shape index (κ3) is 2.90. The summed E-state index contributed by atoms with van der Waals surface area (Å²) >= 11 is 0. The molecule has 5 rings (SSSR count). The third-order valence-electron chi connectivity index (χ3n) is 5.66. The number of rotatable bonds is 4. The predicted molar refractivity (Wildman–Crippen MR) is 105 cm³/mol. The summed E-state index contributed by atoms with van der Waals surface area (Å²) in [5, 5.41) is 10.8. The second kappa shape index (κ2) is 6.40. The Balaban J connectivity index is 1.47. The van der Waals surface area contributed by atoms with Gasteiger partial charge in [0, 0.05) is 37.2 Å². The first-order valence-electron chi connectivity index (χ1n) is 9.49. The van der Waals surface area contributed by atoms with Gasteiger partial charge in [-0.1, -0.05) is 11.3 Å². The lowest BCUT2D eigenvalue weighted by Gasteiger charge is -2.08. The normalized spacial score (nSPS) is 19.6.